The van der Waals surface area contributed by atoms with Gasteiger partial charge in [-0.15, -0.1) is 0 Å². The molecule has 1 aromatic heterocycles. The van der Waals surface area contributed by atoms with Crippen LogP contribution in [0.2, 0.25) is 0 Å². The van der Waals surface area contributed by atoms with Crippen LogP contribution in [0.3, 0.4) is 0 Å². The molecule has 1 saturated heterocycles. The largest absolute Gasteiger partial charge is 0.467 e. The molecule has 2 heterocycles. The molecule has 6 nitrogen and oxygen atoms in total. The number of furan rings is 1. The number of hydrogen-bond acceptors (Lipinski definition) is 4. The van der Waals surface area contributed by atoms with Crippen LogP contribution in [0.5, 0.6) is 0 Å². The van der Waals surface area contributed by atoms with E-state index in [1.807, 2.05) is 36.4 Å². The van der Waals surface area contributed by atoms with Gasteiger partial charge in [0, 0.05) is 24.7 Å². The van der Waals surface area contributed by atoms with Crippen molar-refractivity contribution in [1.82, 2.24) is 15.5 Å². The van der Waals surface area contributed by atoms with Crippen molar-refractivity contribution >= 4 is 11.8 Å². The Morgan fingerprint density at radius 3 is 2.52 bits per heavy atom. The standard InChI is InChI=1S/C19H23N3O3/c23-18(20-13-17-7-4-12-25-17)14-22-10-8-16(9-11-22)21-19(24)15-5-2-1-3-6-15/h1-7,12,16H,8-11,13-14H2,(H,20,23)(H,21,24). The summed E-state index contributed by atoms with van der Waals surface area (Å²) in [7, 11) is 0. The number of likely N-dealkylation sites (tertiary alicyclic amines) is 1. The lowest BCUT2D eigenvalue weighted by Gasteiger charge is -2.31. The minimum Gasteiger partial charge on any atom is -0.467 e. The van der Waals surface area contributed by atoms with E-state index in [1.54, 1.807) is 12.3 Å². The molecule has 2 aromatic rings. The van der Waals surface area contributed by atoms with E-state index in [0.29, 0.717) is 18.7 Å². The summed E-state index contributed by atoms with van der Waals surface area (Å²) in [4.78, 5) is 26.3. The lowest BCUT2D eigenvalue weighted by molar-refractivity contribution is -0.122. The molecule has 2 N–H and O–H groups in total. The van der Waals surface area contributed by atoms with Gasteiger partial charge in [-0.25, -0.2) is 0 Å². The summed E-state index contributed by atoms with van der Waals surface area (Å²) in [6, 6.07) is 13.0. The number of carbonyl (C=O) groups excluding carboxylic acids is 2. The first-order chi connectivity index (χ1) is 12.2. The van der Waals surface area contributed by atoms with Crippen LogP contribution in [-0.4, -0.2) is 42.4 Å². The normalized spacial score (nSPS) is 15.7. The lowest BCUT2D eigenvalue weighted by atomic mass is 10.0. The molecule has 0 atom stereocenters. The Morgan fingerprint density at radius 1 is 1.08 bits per heavy atom. The van der Waals surface area contributed by atoms with Gasteiger partial charge in [0.05, 0.1) is 19.4 Å². The summed E-state index contributed by atoms with van der Waals surface area (Å²) < 4.78 is 5.19. The molecular weight excluding hydrogens is 318 g/mol. The second kappa shape index (κ2) is 8.48. The van der Waals surface area contributed by atoms with Crippen LogP contribution < -0.4 is 10.6 Å². The zero-order valence-electron chi connectivity index (χ0n) is 14.1. The molecule has 1 aromatic carbocycles. The molecule has 0 unspecified atom stereocenters. The molecule has 132 valence electrons. The second-order valence-electron chi connectivity index (χ2n) is 6.25. The van der Waals surface area contributed by atoms with Crippen molar-refractivity contribution in [3.8, 4) is 0 Å². The lowest BCUT2D eigenvalue weighted by Crippen LogP contribution is -2.47. The van der Waals surface area contributed by atoms with Gasteiger partial charge in [-0.05, 0) is 37.1 Å². The summed E-state index contributed by atoms with van der Waals surface area (Å²) in [5, 5.41) is 5.93. The molecular formula is C19H23N3O3. The van der Waals surface area contributed by atoms with E-state index in [2.05, 4.69) is 15.5 Å². The Bertz CT molecular complexity index is 677. The Morgan fingerprint density at radius 2 is 1.84 bits per heavy atom. The quantitative estimate of drug-likeness (QED) is 0.840. The van der Waals surface area contributed by atoms with E-state index in [-0.39, 0.29) is 17.9 Å². The van der Waals surface area contributed by atoms with Crippen LogP contribution >= 0.6 is 0 Å². The number of benzene rings is 1. The average Bonchev–Trinajstić information content (AvgIpc) is 3.16. The van der Waals surface area contributed by atoms with E-state index in [1.165, 1.54) is 0 Å². The van der Waals surface area contributed by atoms with Crippen molar-refractivity contribution in [2.75, 3.05) is 19.6 Å². The third-order valence-corrected chi connectivity index (χ3v) is 4.37. The van der Waals surface area contributed by atoms with Gasteiger partial charge >= 0.3 is 0 Å². The van der Waals surface area contributed by atoms with E-state index in [0.717, 1.165) is 31.7 Å². The van der Waals surface area contributed by atoms with Crippen LogP contribution in [0, 0.1) is 0 Å². The van der Waals surface area contributed by atoms with Gasteiger partial charge in [0.2, 0.25) is 5.91 Å². The number of amides is 2. The van der Waals surface area contributed by atoms with Gasteiger partial charge in [-0.1, -0.05) is 18.2 Å². The molecule has 0 bridgehead atoms. The Hall–Kier alpha value is -2.60. The molecule has 1 aliphatic rings. The second-order valence-corrected chi connectivity index (χ2v) is 6.25. The molecule has 0 spiro atoms. The van der Waals surface area contributed by atoms with Gasteiger partial charge in [0.15, 0.2) is 0 Å². The van der Waals surface area contributed by atoms with Gasteiger partial charge in [0.25, 0.3) is 5.91 Å². The van der Waals surface area contributed by atoms with E-state index < -0.39 is 0 Å². The SMILES string of the molecule is O=C(CN1CCC(NC(=O)c2ccccc2)CC1)NCc1ccco1. The van der Waals surface area contributed by atoms with Crippen LogP contribution in [0.4, 0.5) is 0 Å². The van der Waals surface area contributed by atoms with Gasteiger partial charge in [-0.3, -0.25) is 14.5 Å². The van der Waals surface area contributed by atoms with E-state index >= 15 is 0 Å². The predicted molar refractivity (Wildman–Crippen MR) is 93.9 cm³/mol. The maximum Gasteiger partial charge on any atom is 0.251 e. The van der Waals surface area contributed by atoms with E-state index in [4.69, 9.17) is 4.42 Å². The minimum atomic E-state index is -0.0322. The van der Waals surface area contributed by atoms with Crippen LogP contribution in [0.1, 0.15) is 29.0 Å². The van der Waals surface area contributed by atoms with Crippen LogP contribution in [0.25, 0.3) is 0 Å². The number of carbonyl (C=O) groups is 2. The van der Waals surface area contributed by atoms with E-state index in [9.17, 15) is 9.59 Å². The molecule has 6 heteroatoms. The van der Waals surface area contributed by atoms with Crippen LogP contribution in [-0.2, 0) is 11.3 Å². The van der Waals surface area contributed by atoms with Gasteiger partial charge in [0.1, 0.15) is 5.76 Å². The maximum absolute atomic E-state index is 12.2. The predicted octanol–water partition coefficient (Wildman–Crippen LogP) is 1.79. The summed E-state index contributed by atoms with van der Waals surface area (Å²) in [6.07, 6.45) is 3.30. The number of nitrogens with one attached hydrogen (secondary N) is 2. The van der Waals surface area contributed by atoms with Crippen molar-refractivity contribution in [3.05, 3.63) is 60.1 Å². The molecule has 1 aliphatic heterocycles. The number of nitrogens with zero attached hydrogens (tertiary/aromatic N) is 1. The molecule has 2 amide bonds. The third kappa shape index (κ3) is 5.19. The Labute approximate surface area is 147 Å². The van der Waals surface area contributed by atoms with Crippen molar-refractivity contribution in [2.24, 2.45) is 0 Å². The highest BCUT2D eigenvalue weighted by molar-refractivity contribution is 5.94. The molecule has 1 fully saturated rings. The van der Waals surface area contributed by atoms with Crippen molar-refractivity contribution in [1.29, 1.82) is 0 Å². The first-order valence-electron chi connectivity index (χ1n) is 8.58. The molecule has 0 saturated carbocycles. The van der Waals surface area contributed by atoms with Crippen molar-refractivity contribution in [3.63, 3.8) is 0 Å². The Kier molecular flexibility index (Phi) is 5.85. The summed E-state index contributed by atoms with van der Waals surface area (Å²) >= 11 is 0. The molecule has 0 aliphatic carbocycles. The molecule has 25 heavy (non-hydrogen) atoms. The van der Waals surface area contributed by atoms with Crippen molar-refractivity contribution in [2.45, 2.75) is 25.4 Å². The number of piperidine rings is 1. The highest BCUT2D eigenvalue weighted by atomic mass is 16.3. The monoisotopic (exact) mass is 341 g/mol. The number of hydrogen-bond donors (Lipinski definition) is 2. The molecule has 3 rings (SSSR count). The zero-order chi connectivity index (χ0) is 17.5. The van der Waals surface area contributed by atoms with Gasteiger partial charge in [-0.2, -0.15) is 0 Å². The highest BCUT2D eigenvalue weighted by Crippen LogP contribution is 2.11. The topological polar surface area (TPSA) is 74.6 Å². The third-order valence-electron chi connectivity index (χ3n) is 4.37. The van der Waals surface area contributed by atoms with Crippen LogP contribution in [0.15, 0.2) is 53.1 Å². The average molecular weight is 341 g/mol. The maximum atomic E-state index is 12.2. The fourth-order valence-electron chi connectivity index (χ4n) is 2.95. The first kappa shape index (κ1) is 17.2. The number of rotatable bonds is 6. The fourth-order valence-corrected chi connectivity index (χ4v) is 2.95. The van der Waals surface area contributed by atoms with Crippen molar-refractivity contribution < 1.29 is 14.0 Å². The Balaban J connectivity index is 1.37. The first-order valence-corrected chi connectivity index (χ1v) is 8.58. The fraction of sp³-hybridized carbons (Fsp3) is 0.368. The zero-order valence-corrected chi connectivity index (χ0v) is 14.1. The van der Waals surface area contributed by atoms with Gasteiger partial charge < -0.3 is 15.1 Å². The molecule has 0 radical (unpaired) electrons. The highest BCUT2D eigenvalue weighted by Gasteiger charge is 2.22. The summed E-state index contributed by atoms with van der Waals surface area (Å²) in [5.41, 5.74) is 0.683. The summed E-state index contributed by atoms with van der Waals surface area (Å²) in [6.45, 7) is 2.39. The summed E-state index contributed by atoms with van der Waals surface area (Å²) in [5.74, 6) is 0.703. The smallest absolute Gasteiger partial charge is 0.251 e. The minimum absolute atomic E-state index is 0.0110.